The maximum absolute atomic E-state index is 14.8. The lowest BCUT2D eigenvalue weighted by atomic mass is 9.65. The predicted molar refractivity (Wildman–Crippen MR) is 360 cm³/mol. The number of imide groups is 1. The van der Waals surface area contributed by atoms with E-state index in [0.717, 1.165) is 4.90 Å². The van der Waals surface area contributed by atoms with Crippen molar-refractivity contribution < 1.29 is 105 Å². The molecule has 93 heavy (non-hydrogen) atoms. The molecule has 1 heterocycles. The molecule has 2 fully saturated rings. The molecule has 0 bridgehead atoms. The lowest BCUT2D eigenvalue weighted by Gasteiger charge is -2.38. The zero-order valence-corrected chi connectivity index (χ0v) is 65.3. The topological polar surface area (TPSA) is 336 Å². The van der Waals surface area contributed by atoms with Crippen LogP contribution in [0.3, 0.4) is 0 Å². The van der Waals surface area contributed by atoms with Crippen molar-refractivity contribution in [3.63, 3.8) is 0 Å². The number of likely N-dealkylation sites (tertiary alicyclic amines) is 1. The van der Waals surface area contributed by atoms with Crippen molar-refractivity contribution in [2.75, 3.05) is 119 Å². The number of allylic oxidation sites excluding steroid dienone is 2. The van der Waals surface area contributed by atoms with E-state index in [9.17, 15) is 57.5 Å². The third kappa shape index (κ3) is 27.0. The van der Waals surface area contributed by atoms with E-state index >= 15 is 0 Å². The van der Waals surface area contributed by atoms with Crippen molar-refractivity contribution in [1.29, 1.82) is 0 Å². The zero-order chi connectivity index (χ0) is 71.6. The van der Waals surface area contributed by atoms with Gasteiger partial charge < -0.3 is 63.3 Å². The van der Waals surface area contributed by atoms with E-state index in [1.54, 1.807) is 19.1 Å². The van der Waals surface area contributed by atoms with Crippen LogP contribution in [0.25, 0.3) is 0 Å². The number of alkyl halides is 6. The van der Waals surface area contributed by atoms with Gasteiger partial charge in [-0.1, -0.05) is 108 Å². The summed E-state index contributed by atoms with van der Waals surface area (Å²) < 4.78 is 49.7. The summed E-state index contributed by atoms with van der Waals surface area (Å²) in [5.74, 6) is -10.6. The summed E-state index contributed by atoms with van der Waals surface area (Å²) in [4.78, 5) is 163. The Balaban J connectivity index is 2.64. The largest absolute Gasteiger partial charge is 0.463 e. The first kappa shape index (κ1) is 85.6. The van der Waals surface area contributed by atoms with Crippen molar-refractivity contribution in [2.24, 2.45) is 39.4 Å². The van der Waals surface area contributed by atoms with E-state index in [4.69, 9.17) is 47.4 Å². The molecule has 3 unspecified atom stereocenters. The second-order valence-electron chi connectivity index (χ2n) is 26.7. The lowest BCUT2D eigenvalue weighted by Crippen LogP contribution is -2.59. The fourth-order valence-electron chi connectivity index (χ4n) is 8.11. The van der Waals surface area contributed by atoms with E-state index in [1.165, 1.54) is 104 Å². The third-order valence-electron chi connectivity index (χ3n) is 14.4. The van der Waals surface area contributed by atoms with Gasteiger partial charge in [-0.25, -0.2) is 0 Å². The summed E-state index contributed by atoms with van der Waals surface area (Å²) in [5.41, 5.74) is -7.15. The lowest BCUT2D eigenvalue weighted by molar-refractivity contribution is -0.161. The maximum Gasteiger partial charge on any atom is 0.322 e. The standard InChI is InChI=1S/C61H92Br6N4O22/c1-17-18-37-38-39(40(37)72)42(74)71(41(38)73)19-20-84-21-22-85-23-24-86-25-26-87-36-61(27-68-43(75)58(14,30-88-46(78)52(2,3)62)31-89-47(79)53(4,5)63,28-69-44(76)59(15,32-90-48(80)54(6,7)64)33-91-49(81)55(8,9)65)29-70-45(77)60(16,34-92-50(82)56(10,11)66)35-93-51(83)57(12,13)67/h17-18,37-39H,19-36H2,1-16H3,(H,68,75)(H,69,76)(H,70,77)/b18-17-. The Morgan fingerprint density at radius 1 is 0.398 bits per heavy atom. The van der Waals surface area contributed by atoms with Crippen LogP contribution in [0.15, 0.2) is 12.2 Å². The van der Waals surface area contributed by atoms with Crippen LogP contribution in [0.1, 0.15) is 111 Å². The molecule has 0 radical (unpaired) electrons. The van der Waals surface area contributed by atoms with Gasteiger partial charge in [-0.15, -0.1) is 0 Å². The summed E-state index contributed by atoms with van der Waals surface area (Å²) in [6.45, 7) is 18.5. The van der Waals surface area contributed by atoms with Gasteiger partial charge in [0, 0.05) is 31.0 Å². The smallest absolute Gasteiger partial charge is 0.322 e. The first-order valence-corrected chi connectivity index (χ1v) is 34.5. The highest BCUT2D eigenvalue weighted by Crippen LogP contribution is 2.45. The van der Waals surface area contributed by atoms with Crippen molar-refractivity contribution in [3.8, 4) is 0 Å². The summed E-state index contributed by atoms with van der Waals surface area (Å²) in [5, 5.41) is 8.51. The average molecular weight is 1710 g/mol. The average Bonchev–Trinajstić information content (AvgIpc) is 1.58. The van der Waals surface area contributed by atoms with Crippen molar-refractivity contribution in [1.82, 2.24) is 20.9 Å². The first-order chi connectivity index (χ1) is 42.4. The number of amides is 5. The molecular weight excluding hydrogens is 1620 g/mol. The molecule has 1 aliphatic heterocycles. The molecule has 2 rings (SSSR count). The highest BCUT2D eigenvalue weighted by atomic mass is 79.9. The Kier molecular flexibility index (Phi) is 33.0. The molecule has 0 spiro atoms. The molecule has 1 aliphatic carbocycles. The predicted octanol–water partition coefficient (Wildman–Crippen LogP) is 6.08. The van der Waals surface area contributed by atoms with E-state index in [-0.39, 0.29) is 58.6 Å². The number of hydrogen-bond acceptors (Lipinski definition) is 22. The van der Waals surface area contributed by atoms with E-state index < -0.39 is 197 Å². The van der Waals surface area contributed by atoms with E-state index in [0.29, 0.717) is 0 Å². The number of nitrogens with zero attached hydrogens (tertiary/aromatic N) is 1. The quantitative estimate of drug-likeness (QED) is 0.0118. The van der Waals surface area contributed by atoms with Crippen LogP contribution in [-0.4, -0.2) is 221 Å². The van der Waals surface area contributed by atoms with Crippen molar-refractivity contribution in [2.45, 2.75) is 137 Å². The number of ketones is 1. The molecule has 0 aromatic heterocycles. The van der Waals surface area contributed by atoms with Gasteiger partial charge in [0.15, 0.2) is 5.78 Å². The minimum atomic E-state index is -1.83. The molecule has 3 N–H and O–H groups in total. The molecule has 26 nitrogen and oxygen atoms in total. The minimum absolute atomic E-state index is 0.0176. The number of carbonyl (C=O) groups excluding carboxylic acids is 12. The third-order valence-corrected chi connectivity index (χ3v) is 16.3. The SMILES string of the molecule is C/C=C\C1C(=O)C2C(=O)N(CCOCCOCCOCCOCC(CNC(=O)C(C)(COC(=O)C(C)(C)Br)COC(=O)C(C)(C)Br)(CNC(=O)C(C)(COC(=O)C(C)(C)Br)COC(=O)C(C)(C)Br)CNC(=O)C(C)(COC(=O)C(C)(C)Br)COC(=O)C(C)(C)Br)C(=O)C12. The minimum Gasteiger partial charge on any atom is -0.463 e. The zero-order valence-electron chi connectivity index (χ0n) is 55.8. The molecule has 530 valence electrons. The number of fused-ring (bicyclic) bond motifs is 1. The molecule has 3 atom stereocenters. The van der Waals surface area contributed by atoms with Gasteiger partial charge in [0.2, 0.25) is 29.5 Å². The van der Waals surface area contributed by atoms with Gasteiger partial charge in [0.05, 0.1) is 65.3 Å². The Morgan fingerprint density at radius 2 is 0.656 bits per heavy atom. The van der Waals surface area contributed by atoms with Gasteiger partial charge in [-0.3, -0.25) is 62.4 Å². The van der Waals surface area contributed by atoms with Gasteiger partial charge >= 0.3 is 35.8 Å². The fourth-order valence-corrected chi connectivity index (χ4v) is 8.79. The van der Waals surface area contributed by atoms with Crippen LogP contribution >= 0.6 is 95.6 Å². The summed E-state index contributed by atoms with van der Waals surface area (Å²) in [6.07, 6.45) is 3.32. The molecule has 5 amide bonds. The molecule has 1 saturated heterocycles. The van der Waals surface area contributed by atoms with E-state index in [2.05, 4.69) is 112 Å². The molecule has 1 saturated carbocycles. The van der Waals surface area contributed by atoms with Crippen molar-refractivity contribution in [3.05, 3.63) is 12.2 Å². The second-order valence-corrected chi connectivity index (χ2v) is 38.6. The van der Waals surface area contributed by atoms with Gasteiger partial charge in [0.1, 0.15) is 87.7 Å². The second kappa shape index (κ2) is 35.8. The Labute approximate surface area is 595 Å². The molecule has 32 heteroatoms. The van der Waals surface area contributed by atoms with Crippen LogP contribution < -0.4 is 16.0 Å². The van der Waals surface area contributed by atoms with Gasteiger partial charge in [0.25, 0.3) is 0 Å². The van der Waals surface area contributed by atoms with Crippen molar-refractivity contribution >= 4 is 167 Å². The molecule has 2 aliphatic rings. The molecule has 0 aromatic rings. The van der Waals surface area contributed by atoms with E-state index in [1.807, 2.05) is 0 Å². The number of rotatable bonds is 42. The van der Waals surface area contributed by atoms with Gasteiger partial charge in [-0.2, -0.15) is 0 Å². The summed E-state index contributed by atoms with van der Waals surface area (Å²) >= 11 is 19.6. The normalized spacial score (nSPS) is 16.9. The number of carbonyl (C=O) groups is 12. The Bertz CT molecular complexity index is 2410. The van der Waals surface area contributed by atoms with Crippen LogP contribution in [0.5, 0.6) is 0 Å². The number of halogens is 6. The highest BCUT2D eigenvalue weighted by Gasteiger charge is 2.63. The maximum atomic E-state index is 14.8. The summed E-state index contributed by atoms with van der Waals surface area (Å²) in [6, 6.07) is 0. The van der Waals surface area contributed by atoms with Crippen LogP contribution in [0.4, 0.5) is 0 Å². The first-order valence-electron chi connectivity index (χ1n) is 29.8. The Morgan fingerprint density at radius 3 is 0.914 bits per heavy atom. The van der Waals surface area contributed by atoms with Crippen LogP contribution in [0.2, 0.25) is 0 Å². The molecular formula is C61H92Br6N4O22. The van der Waals surface area contributed by atoms with Gasteiger partial charge in [-0.05, 0) is 111 Å². The highest BCUT2D eigenvalue weighted by molar-refractivity contribution is 9.11. The molecule has 0 aromatic carbocycles. The fraction of sp³-hybridized carbons (Fsp3) is 0.770. The Hall–Kier alpha value is -3.50. The number of esters is 6. The summed E-state index contributed by atoms with van der Waals surface area (Å²) in [7, 11) is 0. The number of nitrogens with one attached hydrogen (secondary N) is 3. The number of Topliss-reactive ketones (excluding diaryl/α,β-unsaturated/α-hetero) is 1. The van der Waals surface area contributed by atoms with Crippen LogP contribution in [0, 0.1) is 39.4 Å². The number of hydrogen-bond donors (Lipinski definition) is 3. The van der Waals surface area contributed by atoms with Crippen LogP contribution in [-0.2, 0) is 105 Å². The monoisotopic (exact) mass is 1710 g/mol. The number of ether oxygens (including phenoxy) is 10.